The first-order valence-electron chi connectivity index (χ1n) is 8.59. The zero-order valence-corrected chi connectivity index (χ0v) is 14.3. The fourth-order valence-corrected chi connectivity index (χ4v) is 2.91. The van der Waals surface area contributed by atoms with Crippen LogP contribution in [-0.4, -0.2) is 27.2 Å². The van der Waals surface area contributed by atoms with E-state index >= 15 is 0 Å². The summed E-state index contributed by atoms with van der Waals surface area (Å²) in [6.45, 7) is 3.02. The number of hydrogen-bond acceptors (Lipinski definition) is 4. The SMILES string of the molecule is CCOC(=O)CCCCn1c(-c2ccc(O)cc2)nc2ccccc21. The van der Waals surface area contributed by atoms with E-state index in [9.17, 15) is 9.90 Å². The largest absolute Gasteiger partial charge is 0.508 e. The van der Waals surface area contributed by atoms with Gasteiger partial charge in [-0.1, -0.05) is 12.1 Å². The fourth-order valence-electron chi connectivity index (χ4n) is 2.91. The summed E-state index contributed by atoms with van der Waals surface area (Å²) >= 11 is 0. The quantitative estimate of drug-likeness (QED) is 0.519. The molecule has 0 spiro atoms. The van der Waals surface area contributed by atoms with Crippen LogP contribution >= 0.6 is 0 Å². The van der Waals surface area contributed by atoms with Crippen LogP contribution in [0.2, 0.25) is 0 Å². The molecule has 0 radical (unpaired) electrons. The molecule has 3 rings (SSSR count). The summed E-state index contributed by atoms with van der Waals surface area (Å²) in [4.78, 5) is 16.2. The predicted molar refractivity (Wildman–Crippen MR) is 97.3 cm³/mol. The van der Waals surface area contributed by atoms with Gasteiger partial charge in [0.15, 0.2) is 0 Å². The lowest BCUT2D eigenvalue weighted by molar-refractivity contribution is -0.143. The first-order chi connectivity index (χ1) is 12.2. The number of ether oxygens (including phenoxy) is 1. The second kappa shape index (κ2) is 7.83. The maximum absolute atomic E-state index is 11.5. The highest BCUT2D eigenvalue weighted by Crippen LogP contribution is 2.26. The van der Waals surface area contributed by atoms with Gasteiger partial charge in [-0.15, -0.1) is 0 Å². The molecule has 5 nitrogen and oxygen atoms in total. The first-order valence-corrected chi connectivity index (χ1v) is 8.59. The lowest BCUT2D eigenvalue weighted by Gasteiger charge is -2.09. The number of unbranched alkanes of at least 4 members (excludes halogenated alkanes) is 1. The molecule has 5 heteroatoms. The highest BCUT2D eigenvalue weighted by Gasteiger charge is 2.12. The van der Waals surface area contributed by atoms with Gasteiger partial charge in [0, 0.05) is 18.5 Å². The standard InChI is InChI=1S/C20H22N2O3/c1-2-25-19(24)9-5-6-14-22-18-8-4-3-7-17(18)21-20(22)15-10-12-16(23)13-11-15/h3-4,7-8,10-13,23H,2,5-6,9,14H2,1H3. The van der Waals surface area contributed by atoms with Crippen LogP contribution in [0.5, 0.6) is 5.75 Å². The van der Waals surface area contributed by atoms with Crippen LogP contribution in [0.3, 0.4) is 0 Å². The van der Waals surface area contributed by atoms with E-state index in [1.54, 1.807) is 12.1 Å². The van der Waals surface area contributed by atoms with Gasteiger partial charge in [-0.3, -0.25) is 4.79 Å². The number of fused-ring (bicyclic) bond motifs is 1. The van der Waals surface area contributed by atoms with E-state index in [2.05, 4.69) is 10.6 Å². The molecule has 0 bridgehead atoms. The van der Waals surface area contributed by atoms with Crippen molar-refractivity contribution in [2.45, 2.75) is 32.7 Å². The van der Waals surface area contributed by atoms with Crippen molar-refractivity contribution in [2.75, 3.05) is 6.61 Å². The number of nitrogens with zero attached hydrogens (tertiary/aromatic N) is 2. The number of carbonyl (C=O) groups excluding carboxylic acids is 1. The highest BCUT2D eigenvalue weighted by molar-refractivity contribution is 5.80. The fraction of sp³-hybridized carbons (Fsp3) is 0.300. The van der Waals surface area contributed by atoms with Gasteiger partial charge in [0.05, 0.1) is 17.6 Å². The molecule has 1 heterocycles. The molecule has 0 amide bonds. The second-order valence-corrected chi connectivity index (χ2v) is 5.88. The van der Waals surface area contributed by atoms with Crippen molar-refractivity contribution >= 4 is 17.0 Å². The number of aromatic hydroxyl groups is 1. The molecular formula is C20H22N2O3. The van der Waals surface area contributed by atoms with Gasteiger partial charge < -0.3 is 14.4 Å². The maximum Gasteiger partial charge on any atom is 0.305 e. The molecule has 1 N–H and O–H groups in total. The van der Waals surface area contributed by atoms with E-state index in [4.69, 9.17) is 9.72 Å². The van der Waals surface area contributed by atoms with E-state index in [1.165, 1.54) is 0 Å². The molecule has 2 aromatic carbocycles. The second-order valence-electron chi connectivity index (χ2n) is 5.88. The number of benzene rings is 2. The Balaban J connectivity index is 1.81. The van der Waals surface area contributed by atoms with Crippen LogP contribution in [0.25, 0.3) is 22.4 Å². The molecule has 0 unspecified atom stereocenters. The third-order valence-corrected chi connectivity index (χ3v) is 4.10. The topological polar surface area (TPSA) is 64.3 Å². The summed E-state index contributed by atoms with van der Waals surface area (Å²) in [6.07, 6.45) is 2.08. The monoisotopic (exact) mass is 338 g/mol. The van der Waals surface area contributed by atoms with Crippen LogP contribution in [0.1, 0.15) is 26.2 Å². The normalized spacial score (nSPS) is 10.9. The number of para-hydroxylation sites is 2. The lowest BCUT2D eigenvalue weighted by Crippen LogP contribution is -2.05. The Morgan fingerprint density at radius 1 is 1.12 bits per heavy atom. The number of aryl methyl sites for hydroxylation is 1. The van der Waals surface area contributed by atoms with E-state index in [1.807, 2.05) is 37.3 Å². The molecule has 0 aliphatic heterocycles. The molecule has 0 aliphatic rings. The minimum Gasteiger partial charge on any atom is -0.508 e. The van der Waals surface area contributed by atoms with Crippen LogP contribution in [0, 0.1) is 0 Å². The van der Waals surface area contributed by atoms with Crippen molar-refractivity contribution < 1.29 is 14.6 Å². The van der Waals surface area contributed by atoms with Crippen LogP contribution < -0.4 is 0 Å². The highest BCUT2D eigenvalue weighted by atomic mass is 16.5. The minimum absolute atomic E-state index is 0.142. The van der Waals surface area contributed by atoms with Gasteiger partial charge in [0.1, 0.15) is 11.6 Å². The summed E-state index contributed by atoms with van der Waals surface area (Å²) in [5, 5.41) is 9.51. The van der Waals surface area contributed by atoms with E-state index in [0.717, 1.165) is 41.8 Å². The number of rotatable bonds is 7. The summed E-state index contributed by atoms with van der Waals surface area (Å²) in [5.41, 5.74) is 2.97. The molecule has 0 aliphatic carbocycles. The Bertz CT molecular complexity index is 853. The van der Waals surface area contributed by atoms with Crippen molar-refractivity contribution in [1.82, 2.24) is 9.55 Å². The first kappa shape index (κ1) is 17.0. The zero-order chi connectivity index (χ0) is 17.6. The Hall–Kier alpha value is -2.82. The number of carbonyl (C=O) groups is 1. The van der Waals surface area contributed by atoms with Gasteiger partial charge in [-0.05, 0) is 56.2 Å². The third kappa shape index (κ3) is 3.99. The molecule has 0 saturated heterocycles. The van der Waals surface area contributed by atoms with Crippen LogP contribution in [0.4, 0.5) is 0 Å². The molecule has 130 valence electrons. The van der Waals surface area contributed by atoms with Gasteiger partial charge in [-0.2, -0.15) is 0 Å². The zero-order valence-electron chi connectivity index (χ0n) is 14.3. The third-order valence-electron chi connectivity index (χ3n) is 4.10. The van der Waals surface area contributed by atoms with Crippen molar-refractivity contribution in [1.29, 1.82) is 0 Å². The average Bonchev–Trinajstić information content (AvgIpc) is 2.98. The number of esters is 1. The molecule has 0 saturated carbocycles. The van der Waals surface area contributed by atoms with Crippen molar-refractivity contribution in [3.8, 4) is 17.1 Å². The number of imidazole rings is 1. The van der Waals surface area contributed by atoms with Gasteiger partial charge in [0.25, 0.3) is 0 Å². The van der Waals surface area contributed by atoms with Gasteiger partial charge in [-0.25, -0.2) is 4.98 Å². The number of phenols is 1. The average molecular weight is 338 g/mol. The summed E-state index contributed by atoms with van der Waals surface area (Å²) < 4.78 is 7.15. The smallest absolute Gasteiger partial charge is 0.305 e. The van der Waals surface area contributed by atoms with Gasteiger partial charge >= 0.3 is 5.97 Å². The minimum atomic E-state index is -0.142. The van der Waals surface area contributed by atoms with Gasteiger partial charge in [0.2, 0.25) is 0 Å². The number of phenolic OH excluding ortho intramolecular Hbond substituents is 1. The molecule has 0 fully saturated rings. The van der Waals surface area contributed by atoms with Crippen LogP contribution in [0.15, 0.2) is 48.5 Å². The van der Waals surface area contributed by atoms with Crippen LogP contribution in [-0.2, 0) is 16.1 Å². The van der Waals surface area contributed by atoms with Crippen molar-refractivity contribution in [3.05, 3.63) is 48.5 Å². The maximum atomic E-state index is 11.5. The molecule has 0 atom stereocenters. The summed E-state index contributed by atoms with van der Waals surface area (Å²) in [7, 11) is 0. The summed E-state index contributed by atoms with van der Waals surface area (Å²) in [6, 6.07) is 15.1. The van der Waals surface area contributed by atoms with Crippen molar-refractivity contribution in [3.63, 3.8) is 0 Å². The molecule has 25 heavy (non-hydrogen) atoms. The Morgan fingerprint density at radius 3 is 2.64 bits per heavy atom. The lowest BCUT2D eigenvalue weighted by atomic mass is 10.2. The Kier molecular flexibility index (Phi) is 5.33. The van der Waals surface area contributed by atoms with E-state index in [-0.39, 0.29) is 11.7 Å². The number of aromatic nitrogens is 2. The van der Waals surface area contributed by atoms with Crippen molar-refractivity contribution in [2.24, 2.45) is 0 Å². The van der Waals surface area contributed by atoms with E-state index in [0.29, 0.717) is 13.0 Å². The Labute approximate surface area is 146 Å². The number of hydrogen-bond donors (Lipinski definition) is 1. The summed E-state index contributed by atoms with van der Waals surface area (Å²) in [5.74, 6) is 0.968. The molecule has 3 aromatic rings. The molecule has 1 aromatic heterocycles. The van der Waals surface area contributed by atoms with E-state index < -0.39 is 0 Å². The molecular weight excluding hydrogens is 316 g/mol. The Morgan fingerprint density at radius 2 is 1.88 bits per heavy atom. The predicted octanol–water partition coefficient (Wildman–Crippen LogP) is 4.14.